The molecule has 0 aliphatic heterocycles. The topological polar surface area (TPSA) is 46.5 Å². The van der Waals surface area contributed by atoms with E-state index in [1.807, 2.05) is 0 Å². The highest BCUT2D eigenvalue weighted by Crippen LogP contribution is 2.32. The van der Waals surface area contributed by atoms with Gasteiger partial charge in [0.2, 0.25) is 0 Å². The number of hydrogen-bond donors (Lipinski definition) is 1. The van der Waals surface area contributed by atoms with Crippen molar-refractivity contribution in [3.8, 4) is 5.06 Å². The smallest absolute Gasteiger partial charge is 0.449 e. The first-order valence-electron chi connectivity index (χ1n) is 2.76. The van der Waals surface area contributed by atoms with E-state index in [0.29, 0.717) is 9.40 Å². The van der Waals surface area contributed by atoms with E-state index in [-0.39, 0.29) is 0 Å². The molecule has 0 atom stereocenters. The van der Waals surface area contributed by atoms with Gasteiger partial charge in [-0.25, -0.2) is 4.79 Å². The molecule has 0 aliphatic carbocycles. The molecule has 1 aromatic heterocycles. The van der Waals surface area contributed by atoms with E-state index in [2.05, 4.69) is 4.74 Å². The van der Waals surface area contributed by atoms with Crippen LogP contribution in [0.15, 0.2) is 6.07 Å². The van der Waals surface area contributed by atoms with Crippen molar-refractivity contribution in [2.24, 2.45) is 0 Å². The minimum Gasteiger partial charge on any atom is -0.449 e. The zero-order chi connectivity index (χ0) is 8.43. The second-order valence-corrected chi connectivity index (χ2v) is 3.51. The van der Waals surface area contributed by atoms with Crippen LogP contribution in [0, 0.1) is 6.92 Å². The van der Waals surface area contributed by atoms with E-state index in [4.69, 9.17) is 16.7 Å². The Hall–Kier alpha value is -0.740. The van der Waals surface area contributed by atoms with Gasteiger partial charge >= 0.3 is 6.16 Å². The molecule has 0 fully saturated rings. The molecule has 11 heavy (non-hydrogen) atoms. The van der Waals surface area contributed by atoms with Gasteiger partial charge in [0.15, 0.2) is 5.06 Å². The molecule has 1 rings (SSSR count). The van der Waals surface area contributed by atoms with E-state index in [1.165, 1.54) is 0 Å². The highest BCUT2D eigenvalue weighted by atomic mass is 35.5. The summed E-state index contributed by atoms with van der Waals surface area (Å²) in [6.45, 7) is 1.79. The molecule has 3 nitrogen and oxygen atoms in total. The monoisotopic (exact) mass is 192 g/mol. The second kappa shape index (κ2) is 3.11. The molecule has 0 amide bonds. The maximum Gasteiger partial charge on any atom is 0.512 e. The van der Waals surface area contributed by atoms with Crippen LogP contribution in [0.4, 0.5) is 4.79 Å². The van der Waals surface area contributed by atoms with Crippen molar-refractivity contribution < 1.29 is 14.6 Å². The van der Waals surface area contributed by atoms with E-state index in [0.717, 1.165) is 16.9 Å². The van der Waals surface area contributed by atoms with Gasteiger partial charge in [-0.1, -0.05) is 22.9 Å². The molecule has 0 bridgehead atoms. The maximum absolute atomic E-state index is 10.0. The molecule has 5 heteroatoms. The SMILES string of the molecule is Cc1cc(OC(=O)O)sc1Cl. The van der Waals surface area contributed by atoms with Crippen molar-refractivity contribution in [1.82, 2.24) is 0 Å². The third kappa shape index (κ3) is 2.10. The number of carboxylic acid groups (broad SMARTS) is 1. The lowest BCUT2D eigenvalue weighted by molar-refractivity contribution is 0.146. The summed E-state index contributed by atoms with van der Waals surface area (Å²) in [5.74, 6) is 0. The van der Waals surface area contributed by atoms with Gasteiger partial charge in [-0.3, -0.25) is 0 Å². The summed E-state index contributed by atoms with van der Waals surface area (Å²) >= 11 is 6.76. The lowest BCUT2D eigenvalue weighted by Gasteiger charge is -1.90. The van der Waals surface area contributed by atoms with Gasteiger partial charge in [-0.15, -0.1) is 0 Å². The zero-order valence-corrected chi connectivity index (χ0v) is 7.20. The van der Waals surface area contributed by atoms with Crippen LogP contribution in [0.5, 0.6) is 5.06 Å². The molecule has 0 aromatic carbocycles. The van der Waals surface area contributed by atoms with Gasteiger partial charge in [0.25, 0.3) is 0 Å². The Bertz CT molecular complexity index is 262. The van der Waals surface area contributed by atoms with Crippen molar-refractivity contribution in [1.29, 1.82) is 0 Å². The average Bonchev–Trinajstić information content (AvgIpc) is 2.10. The largest absolute Gasteiger partial charge is 0.512 e. The molecular weight excluding hydrogens is 188 g/mol. The van der Waals surface area contributed by atoms with Crippen LogP contribution in [-0.4, -0.2) is 11.3 Å². The van der Waals surface area contributed by atoms with Gasteiger partial charge in [0.1, 0.15) is 0 Å². The number of halogens is 1. The maximum atomic E-state index is 10.0. The highest BCUT2D eigenvalue weighted by molar-refractivity contribution is 7.18. The standard InChI is InChI=1S/C6H5ClO3S/c1-3-2-4(10-6(8)9)11-5(3)7/h2H,1H3,(H,8,9). The second-order valence-electron chi connectivity index (χ2n) is 1.89. The Morgan fingerprint density at radius 1 is 1.82 bits per heavy atom. The first kappa shape index (κ1) is 8.36. The Morgan fingerprint density at radius 3 is 2.82 bits per heavy atom. The number of thiophene rings is 1. The lowest BCUT2D eigenvalue weighted by Crippen LogP contribution is -2.00. The van der Waals surface area contributed by atoms with Crippen LogP contribution < -0.4 is 4.74 Å². The first-order valence-corrected chi connectivity index (χ1v) is 3.96. The molecule has 0 saturated carbocycles. The van der Waals surface area contributed by atoms with Gasteiger partial charge in [-0.05, 0) is 18.6 Å². The zero-order valence-electron chi connectivity index (χ0n) is 5.63. The lowest BCUT2D eigenvalue weighted by atomic mass is 10.4. The quantitative estimate of drug-likeness (QED) is 0.696. The fraction of sp³-hybridized carbons (Fsp3) is 0.167. The molecule has 1 heterocycles. The summed E-state index contributed by atoms with van der Waals surface area (Å²) in [6.07, 6.45) is -1.32. The van der Waals surface area contributed by atoms with Crippen molar-refractivity contribution in [2.75, 3.05) is 0 Å². The van der Waals surface area contributed by atoms with Crippen molar-refractivity contribution >= 4 is 29.1 Å². The number of hydrogen-bond acceptors (Lipinski definition) is 3. The summed E-state index contributed by atoms with van der Waals surface area (Å²) in [5.41, 5.74) is 0.827. The van der Waals surface area contributed by atoms with E-state index < -0.39 is 6.16 Å². The fourth-order valence-electron chi connectivity index (χ4n) is 0.568. The molecule has 60 valence electrons. The normalized spacial score (nSPS) is 9.64. The van der Waals surface area contributed by atoms with Crippen molar-refractivity contribution in [3.63, 3.8) is 0 Å². The molecule has 1 aromatic rings. The average molecular weight is 193 g/mol. The Kier molecular flexibility index (Phi) is 2.36. The van der Waals surface area contributed by atoms with Crippen molar-refractivity contribution in [3.05, 3.63) is 16.0 Å². The molecule has 0 aliphatic rings. The van der Waals surface area contributed by atoms with Gasteiger partial charge in [-0.2, -0.15) is 0 Å². The summed E-state index contributed by atoms with van der Waals surface area (Å²) in [5, 5.41) is 8.51. The van der Waals surface area contributed by atoms with E-state index in [9.17, 15) is 4.79 Å². The van der Waals surface area contributed by atoms with Crippen LogP contribution in [-0.2, 0) is 0 Å². The number of rotatable bonds is 1. The Morgan fingerprint density at radius 2 is 2.45 bits per heavy atom. The molecule has 0 radical (unpaired) electrons. The third-order valence-electron chi connectivity index (χ3n) is 1.02. The van der Waals surface area contributed by atoms with Crippen molar-refractivity contribution in [2.45, 2.75) is 6.92 Å². The molecule has 0 spiro atoms. The molecule has 1 N–H and O–H groups in total. The minimum absolute atomic E-state index is 0.306. The number of aryl methyl sites for hydroxylation is 1. The van der Waals surface area contributed by atoms with E-state index in [1.54, 1.807) is 13.0 Å². The predicted octanol–water partition coefficient (Wildman–Crippen LogP) is 2.77. The summed E-state index contributed by atoms with van der Waals surface area (Å²) in [6, 6.07) is 1.58. The molecular formula is C6H5ClO3S. The van der Waals surface area contributed by atoms with E-state index >= 15 is 0 Å². The number of ether oxygens (including phenoxy) is 1. The summed E-state index contributed by atoms with van der Waals surface area (Å²) in [7, 11) is 0. The highest BCUT2D eigenvalue weighted by Gasteiger charge is 2.06. The summed E-state index contributed by atoms with van der Waals surface area (Å²) < 4.78 is 4.92. The first-order chi connectivity index (χ1) is 5.09. The van der Waals surface area contributed by atoms with Crippen LogP contribution in [0.2, 0.25) is 4.34 Å². The van der Waals surface area contributed by atoms with Crippen LogP contribution >= 0.6 is 22.9 Å². The van der Waals surface area contributed by atoms with Crippen LogP contribution in [0.3, 0.4) is 0 Å². The van der Waals surface area contributed by atoms with Gasteiger partial charge in [0, 0.05) is 0 Å². The predicted molar refractivity (Wildman–Crippen MR) is 42.7 cm³/mol. The molecule has 0 unspecified atom stereocenters. The Labute approximate surface area is 72.2 Å². The van der Waals surface area contributed by atoms with Crippen LogP contribution in [0.1, 0.15) is 5.56 Å². The fourth-order valence-corrected chi connectivity index (χ4v) is 1.60. The summed E-state index contributed by atoms with van der Waals surface area (Å²) in [4.78, 5) is 10.0. The number of carbonyl (C=O) groups is 1. The Balaban J connectivity index is 2.81. The van der Waals surface area contributed by atoms with Gasteiger partial charge in [0.05, 0.1) is 4.34 Å². The molecule has 0 saturated heterocycles. The van der Waals surface area contributed by atoms with Gasteiger partial charge < -0.3 is 9.84 Å². The minimum atomic E-state index is -1.32. The van der Waals surface area contributed by atoms with Crippen LogP contribution in [0.25, 0.3) is 0 Å². The third-order valence-corrected chi connectivity index (χ3v) is 2.46.